The van der Waals surface area contributed by atoms with E-state index in [1.54, 1.807) is 7.11 Å². The first-order valence-corrected chi connectivity index (χ1v) is 7.72. The average Bonchev–Trinajstić information content (AvgIpc) is 2.61. The highest BCUT2D eigenvalue weighted by Gasteiger charge is 2.10. The predicted molar refractivity (Wildman–Crippen MR) is 90.3 cm³/mol. The number of benzene rings is 2. The molecule has 2 aromatic rings. The van der Waals surface area contributed by atoms with Gasteiger partial charge in [-0.3, -0.25) is 0 Å². The van der Waals surface area contributed by atoms with Crippen LogP contribution < -0.4 is 10.1 Å². The topological polar surface area (TPSA) is 65.3 Å². The van der Waals surface area contributed by atoms with Crippen molar-refractivity contribution in [3.63, 3.8) is 0 Å². The Morgan fingerprint density at radius 3 is 2.65 bits per heavy atom. The van der Waals surface area contributed by atoms with Crippen molar-refractivity contribution in [2.24, 2.45) is 0 Å². The Bertz CT molecular complexity index is 650. The Kier molecular flexibility index (Phi) is 6.61. The summed E-state index contributed by atoms with van der Waals surface area (Å²) in [6, 6.07) is 18.0. The highest BCUT2D eigenvalue weighted by atomic mass is 16.5. The predicted octanol–water partition coefficient (Wildman–Crippen LogP) is 2.82. The molecule has 2 N–H and O–H groups in total. The SMILES string of the molecule is COc1ccc(CNCC(CCO)c2ccccc2)cc1C#N. The van der Waals surface area contributed by atoms with E-state index in [-0.39, 0.29) is 12.5 Å². The van der Waals surface area contributed by atoms with Gasteiger partial charge in [0.15, 0.2) is 0 Å². The maximum absolute atomic E-state index is 9.26. The summed E-state index contributed by atoms with van der Waals surface area (Å²) < 4.78 is 5.15. The molecule has 0 aliphatic carbocycles. The van der Waals surface area contributed by atoms with E-state index in [0.717, 1.165) is 18.5 Å². The van der Waals surface area contributed by atoms with Crippen LogP contribution in [0.4, 0.5) is 0 Å². The summed E-state index contributed by atoms with van der Waals surface area (Å²) in [7, 11) is 1.56. The molecule has 0 saturated heterocycles. The van der Waals surface area contributed by atoms with E-state index < -0.39 is 0 Å². The molecule has 1 unspecified atom stereocenters. The first-order valence-electron chi connectivity index (χ1n) is 7.72. The van der Waals surface area contributed by atoms with Crippen molar-refractivity contribution in [2.45, 2.75) is 18.9 Å². The maximum Gasteiger partial charge on any atom is 0.136 e. The van der Waals surface area contributed by atoms with Gasteiger partial charge in [0.25, 0.3) is 0 Å². The molecule has 0 fully saturated rings. The van der Waals surface area contributed by atoms with Gasteiger partial charge in [-0.1, -0.05) is 36.4 Å². The molecule has 0 spiro atoms. The van der Waals surface area contributed by atoms with Crippen molar-refractivity contribution < 1.29 is 9.84 Å². The molecule has 0 aromatic heterocycles. The van der Waals surface area contributed by atoms with Gasteiger partial charge in [0.05, 0.1) is 12.7 Å². The summed E-state index contributed by atoms with van der Waals surface area (Å²) >= 11 is 0. The number of hydrogen-bond acceptors (Lipinski definition) is 4. The quantitative estimate of drug-likeness (QED) is 0.787. The molecular formula is C19H22N2O2. The molecule has 0 aliphatic rings. The van der Waals surface area contributed by atoms with E-state index in [4.69, 9.17) is 10.00 Å². The minimum atomic E-state index is 0.169. The smallest absolute Gasteiger partial charge is 0.136 e. The molecule has 0 bridgehead atoms. The Morgan fingerprint density at radius 1 is 1.22 bits per heavy atom. The average molecular weight is 310 g/mol. The summed E-state index contributed by atoms with van der Waals surface area (Å²) in [6.07, 6.45) is 0.725. The fourth-order valence-corrected chi connectivity index (χ4v) is 2.61. The van der Waals surface area contributed by atoms with Gasteiger partial charge in [-0.2, -0.15) is 5.26 Å². The van der Waals surface area contributed by atoms with Gasteiger partial charge in [0.2, 0.25) is 0 Å². The third-order valence-electron chi connectivity index (χ3n) is 3.85. The number of nitrogens with one attached hydrogen (secondary N) is 1. The first-order chi connectivity index (χ1) is 11.3. The zero-order valence-electron chi connectivity index (χ0n) is 13.3. The maximum atomic E-state index is 9.26. The number of nitrogens with zero attached hydrogens (tertiary/aromatic N) is 1. The molecule has 23 heavy (non-hydrogen) atoms. The van der Waals surface area contributed by atoms with E-state index in [1.165, 1.54) is 5.56 Å². The molecule has 2 rings (SSSR count). The number of nitriles is 1. The molecule has 0 aliphatic heterocycles. The Hall–Kier alpha value is -2.35. The van der Waals surface area contributed by atoms with Gasteiger partial charge in [0.1, 0.15) is 11.8 Å². The summed E-state index contributed by atoms with van der Waals surface area (Å²) in [6.45, 7) is 1.62. The molecule has 0 amide bonds. The Balaban J connectivity index is 1.96. The van der Waals surface area contributed by atoms with Crippen LogP contribution in [0.3, 0.4) is 0 Å². The molecule has 0 radical (unpaired) electrons. The normalized spacial score (nSPS) is 11.7. The fraction of sp³-hybridized carbons (Fsp3) is 0.316. The van der Waals surface area contributed by atoms with Crippen molar-refractivity contribution in [3.05, 3.63) is 65.2 Å². The van der Waals surface area contributed by atoms with Gasteiger partial charge in [-0.05, 0) is 35.6 Å². The van der Waals surface area contributed by atoms with Crippen LogP contribution in [-0.4, -0.2) is 25.4 Å². The van der Waals surface area contributed by atoms with Crippen molar-refractivity contribution in [1.29, 1.82) is 5.26 Å². The Morgan fingerprint density at radius 2 is 2.00 bits per heavy atom. The summed E-state index contributed by atoms with van der Waals surface area (Å²) in [4.78, 5) is 0. The van der Waals surface area contributed by atoms with Crippen LogP contribution in [0.2, 0.25) is 0 Å². The number of aliphatic hydroxyl groups excluding tert-OH is 1. The van der Waals surface area contributed by atoms with Crippen LogP contribution in [0, 0.1) is 11.3 Å². The van der Waals surface area contributed by atoms with Crippen molar-refractivity contribution in [2.75, 3.05) is 20.3 Å². The monoisotopic (exact) mass is 310 g/mol. The summed E-state index contributed by atoms with van der Waals surface area (Å²) in [5.74, 6) is 0.869. The van der Waals surface area contributed by atoms with Gasteiger partial charge >= 0.3 is 0 Å². The van der Waals surface area contributed by atoms with Crippen molar-refractivity contribution in [3.8, 4) is 11.8 Å². The van der Waals surface area contributed by atoms with Crippen molar-refractivity contribution in [1.82, 2.24) is 5.32 Å². The molecule has 0 saturated carbocycles. The van der Waals surface area contributed by atoms with Gasteiger partial charge in [-0.15, -0.1) is 0 Å². The van der Waals surface area contributed by atoms with E-state index in [1.807, 2.05) is 36.4 Å². The van der Waals surface area contributed by atoms with Crippen molar-refractivity contribution >= 4 is 0 Å². The van der Waals surface area contributed by atoms with E-state index in [0.29, 0.717) is 17.9 Å². The second-order valence-electron chi connectivity index (χ2n) is 5.40. The van der Waals surface area contributed by atoms with E-state index in [9.17, 15) is 5.11 Å². The molecule has 0 heterocycles. The van der Waals surface area contributed by atoms with Gasteiger partial charge in [-0.25, -0.2) is 0 Å². The van der Waals surface area contributed by atoms with Gasteiger partial charge < -0.3 is 15.2 Å². The van der Waals surface area contributed by atoms with Crippen LogP contribution in [0.1, 0.15) is 29.0 Å². The minimum Gasteiger partial charge on any atom is -0.495 e. The van der Waals surface area contributed by atoms with Crippen LogP contribution in [0.15, 0.2) is 48.5 Å². The molecule has 2 aromatic carbocycles. The first kappa shape index (κ1) is 17.0. The van der Waals surface area contributed by atoms with Crippen LogP contribution in [-0.2, 0) is 6.54 Å². The molecule has 4 nitrogen and oxygen atoms in total. The lowest BCUT2D eigenvalue weighted by molar-refractivity contribution is 0.273. The zero-order chi connectivity index (χ0) is 16.5. The molecular weight excluding hydrogens is 288 g/mol. The van der Waals surface area contributed by atoms with Gasteiger partial charge in [0, 0.05) is 19.7 Å². The highest BCUT2D eigenvalue weighted by molar-refractivity contribution is 5.45. The summed E-state index contributed by atoms with van der Waals surface area (Å²) in [5, 5.41) is 21.8. The number of hydrogen-bond donors (Lipinski definition) is 2. The third-order valence-corrected chi connectivity index (χ3v) is 3.85. The number of aliphatic hydroxyl groups is 1. The second kappa shape index (κ2) is 8.94. The minimum absolute atomic E-state index is 0.169. The third kappa shape index (κ3) is 4.82. The largest absolute Gasteiger partial charge is 0.495 e. The number of ether oxygens (including phenoxy) is 1. The molecule has 4 heteroatoms. The van der Waals surface area contributed by atoms with Crippen LogP contribution in [0.5, 0.6) is 5.75 Å². The lowest BCUT2D eigenvalue weighted by atomic mass is 9.96. The summed E-state index contributed by atoms with van der Waals surface area (Å²) in [5.41, 5.74) is 2.81. The van der Waals surface area contributed by atoms with Crippen LogP contribution in [0.25, 0.3) is 0 Å². The Labute approximate surface area is 137 Å². The second-order valence-corrected chi connectivity index (χ2v) is 5.40. The number of methoxy groups -OCH3 is 1. The highest BCUT2D eigenvalue weighted by Crippen LogP contribution is 2.20. The zero-order valence-corrected chi connectivity index (χ0v) is 13.3. The fourth-order valence-electron chi connectivity index (χ4n) is 2.61. The van der Waals surface area contributed by atoms with Crippen LogP contribution >= 0.6 is 0 Å². The standard InChI is InChI=1S/C19H22N2O2/c1-23-19-8-7-15(11-18(19)12-20)13-21-14-17(9-10-22)16-5-3-2-4-6-16/h2-8,11,17,21-22H,9-10,13-14H2,1H3. The lowest BCUT2D eigenvalue weighted by Gasteiger charge is -2.17. The molecule has 1 atom stereocenters. The number of rotatable bonds is 8. The lowest BCUT2D eigenvalue weighted by Crippen LogP contribution is -2.22. The van der Waals surface area contributed by atoms with E-state index in [2.05, 4.69) is 23.5 Å². The van der Waals surface area contributed by atoms with E-state index >= 15 is 0 Å². The molecule has 120 valence electrons.